The molecule has 8 heteroatoms. The number of thioether (sulfide) groups is 1. The number of methoxy groups -OCH3 is 1. The average molecular weight is 428 g/mol. The standard InChI is InChI=1S/C22H22FN3O3S/c1-28-20-7-3-2-6-18(20)19(27)14-30-22-25-24-21(15-8-10-16(23)11-9-15)26(22)13-17-5-4-12-29-17/h2-3,6-11,17H,4-5,12-14H2,1H3. The summed E-state index contributed by atoms with van der Waals surface area (Å²) in [6.07, 6.45) is 2.06. The highest BCUT2D eigenvalue weighted by Crippen LogP contribution is 2.28. The van der Waals surface area contributed by atoms with Crippen molar-refractivity contribution < 1.29 is 18.7 Å². The van der Waals surface area contributed by atoms with Gasteiger partial charge in [-0.15, -0.1) is 10.2 Å². The molecule has 6 nitrogen and oxygen atoms in total. The maximum atomic E-state index is 13.4. The van der Waals surface area contributed by atoms with Crippen LogP contribution in [0.4, 0.5) is 4.39 Å². The quantitative estimate of drug-likeness (QED) is 0.396. The molecular formula is C22H22FN3O3S. The Hall–Kier alpha value is -2.71. The van der Waals surface area contributed by atoms with Crippen LogP contribution >= 0.6 is 11.8 Å². The summed E-state index contributed by atoms with van der Waals surface area (Å²) < 4.78 is 26.4. The van der Waals surface area contributed by atoms with Crippen molar-refractivity contribution in [1.82, 2.24) is 14.8 Å². The van der Waals surface area contributed by atoms with Gasteiger partial charge in [0, 0.05) is 12.2 Å². The molecule has 2 aromatic carbocycles. The molecule has 0 radical (unpaired) electrons. The molecule has 0 aliphatic carbocycles. The van der Waals surface area contributed by atoms with Crippen LogP contribution in [0.3, 0.4) is 0 Å². The molecule has 4 rings (SSSR count). The predicted octanol–water partition coefficient (Wildman–Crippen LogP) is 4.25. The summed E-state index contributed by atoms with van der Waals surface area (Å²) in [6, 6.07) is 13.3. The van der Waals surface area contributed by atoms with Gasteiger partial charge in [0.05, 0.1) is 31.1 Å². The van der Waals surface area contributed by atoms with Crippen molar-refractivity contribution in [3.05, 3.63) is 59.9 Å². The van der Waals surface area contributed by atoms with Gasteiger partial charge in [-0.2, -0.15) is 0 Å². The summed E-state index contributed by atoms with van der Waals surface area (Å²) in [7, 11) is 1.55. The van der Waals surface area contributed by atoms with Crippen molar-refractivity contribution in [2.75, 3.05) is 19.5 Å². The molecule has 1 atom stereocenters. The Morgan fingerprint density at radius 2 is 2.03 bits per heavy atom. The number of Topliss-reactive ketones (excluding diaryl/α,β-unsaturated/α-hetero) is 1. The van der Waals surface area contributed by atoms with Crippen molar-refractivity contribution in [2.24, 2.45) is 0 Å². The zero-order valence-corrected chi connectivity index (χ0v) is 17.4. The lowest BCUT2D eigenvalue weighted by Crippen LogP contribution is -2.17. The van der Waals surface area contributed by atoms with Crippen LogP contribution < -0.4 is 4.74 Å². The van der Waals surface area contributed by atoms with Gasteiger partial charge in [-0.25, -0.2) is 4.39 Å². The summed E-state index contributed by atoms with van der Waals surface area (Å²) in [5.41, 5.74) is 1.31. The van der Waals surface area contributed by atoms with Crippen LogP contribution in [0.5, 0.6) is 5.75 Å². The third-order valence-corrected chi connectivity index (χ3v) is 5.94. The first-order valence-corrected chi connectivity index (χ1v) is 10.7. The van der Waals surface area contributed by atoms with Crippen molar-refractivity contribution >= 4 is 17.5 Å². The Bertz CT molecular complexity index is 1020. The Balaban J connectivity index is 1.57. The molecule has 0 saturated carbocycles. The number of carbonyl (C=O) groups excluding carboxylic acids is 1. The molecule has 1 saturated heterocycles. The van der Waals surface area contributed by atoms with E-state index in [1.165, 1.54) is 23.9 Å². The predicted molar refractivity (Wildman–Crippen MR) is 112 cm³/mol. The highest BCUT2D eigenvalue weighted by molar-refractivity contribution is 7.99. The zero-order valence-electron chi connectivity index (χ0n) is 16.6. The Kier molecular flexibility index (Phi) is 6.44. The molecule has 1 aliphatic rings. The monoisotopic (exact) mass is 427 g/mol. The number of carbonyl (C=O) groups is 1. The maximum Gasteiger partial charge on any atom is 0.192 e. The molecule has 1 fully saturated rings. The Morgan fingerprint density at radius 3 is 2.77 bits per heavy atom. The highest BCUT2D eigenvalue weighted by Gasteiger charge is 2.23. The highest BCUT2D eigenvalue weighted by atomic mass is 32.2. The first kappa shape index (κ1) is 20.6. The molecule has 3 aromatic rings. The lowest BCUT2D eigenvalue weighted by Gasteiger charge is -2.15. The van der Waals surface area contributed by atoms with Gasteiger partial charge in [0.15, 0.2) is 16.8 Å². The first-order chi connectivity index (χ1) is 14.7. The van der Waals surface area contributed by atoms with Crippen molar-refractivity contribution in [3.8, 4) is 17.1 Å². The maximum absolute atomic E-state index is 13.4. The van der Waals surface area contributed by atoms with Crippen LogP contribution in [0.2, 0.25) is 0 Å². The number of ketones is 1. The van der Waals surface area contributed by atoms with E-state index in [0.29, 0.717) is 28.8 Å². The second kappa shape index (κ2) is 9.40. The van der Waals surface area contributed by atoms with E-state index in [2.05, 4.69) is 10.2 Å². The van der Waals surface area contributed by atoms with Crippen molar-refractivity contribution in [3.63, 3.8) is 0 Å². The van der Waals surface area contributed by atoms with Crippen LogP contribution in [0.25, 0.3) is 11.4 Å². The molecule has 2 heterocycles. The number of benzene rings is 2. The number of hydrogen-bond acceptors (Lipinski definition) is 6. The number of para-hydroxylation sites is 1. The largest absolute Gasteiger partial charge is 0.496 e. The van der Waals surface area contributed by atoms with Gasteiger partial charge in [0.25, 0.3) is 0 Å². The molecule has 0 spiro atoms. The lowest BCUT2D eigenvalue weighted by atomic mass is 10.1. The van der Waals surface area contributed by atoms with E-state index >= 15 is 0 Å². The summed E-state index contributed by atoms with van der Waals surface area (Å²) in [4.78, 5) is 12.7. The molecular weight excluding hydrogens is 405 g/mol. The number of aromatic nitrogens is 3. The summed E-state index contributed by atoms with van der Waals surface area (Å²) in [5.74, 6) is 1.04. The van der Waals surface area contributed by atoms with Gasteiger partial charge in [-0.3, -0.25) is 9.36 Å². The molecule has 0 bridgehead atoms. The second-order valence-electron chi connectivity index (χ2n) is 6.97. The van der Waals surface area contributed by atoms with Crippen LogP contribution in [-0.2, 0) is 11.3 Å². The smallest absolute Gasteiger partial charge is 0.192 e. The van der Waals surface area contributed by atoms with E-state index in [1.807, 2.05) is 16.7 Å². The van der Waals surface area contributed by atoms with E-state index < -0.39 is 0 Å². The normalized spacial score (nSPS) is 16.0. The molecule has 0 N–H and O–H groups in total. The van der Waals surface area contributed by atoms with Gasteiger partial charge < -0.3 is 9.47 Å². The van der Waals surface area contributed by atoms with Gasteiger partial charge in [0.1, 0.15) is 11.6 Å². The second-order valence-corrected chi connectivity index (χ2v) is 7.91. The van der Waals surface area contributed by atoms with Crippen molar-refractivity contribution in [2.45, 2.75) is 30.6 Å². The number of ether oxygens (including phenoxy) is 2. The minimum absolute atomic E-state index is 0.0487. The van der Waals surface area contributed by atoms with Crippen molar-refractivity contribution in [1.29, 1.82) is 0 Å². The SMILES string of the molecule is COc1ccccc1C(=O)CSc1nnc(-c2ccc(F)cc2)n1CC1CCCO1. The fourth-order valence-electron chi connectivity index (χ4n) is 3.45. The van der Waals surface area contributed by atoms with E-state index in [0.717, 1.165) is 25.0 Å². The van der Waals surface area contributed by atoms with Crippen LogP contribution in [0, 0.1) is 5.82 Å². The minimum Gasteiger partial charge on any atom is -0.496 e. The molecule has 0 amide bonds. The van der Waals surface area contributed by atoms with E-state index in [4.69, 9.17) is 9.47 Å². The number of nitrogens with zero attached hydrogens (tertiary/aromatic N) is 3. The van der Waals surface area contributed by atoms with Crippen LogP contribution in [0.15, 0.2) is 53.7 Å². The molecule has 30 heavy (non-hydrogen) atoms. The van der Waals surface area contributed by atoms with Crippen LogP contribution in [-0.4, -0.2) is 46.1 Å². The fraction of sp³-hybridized carbons (Fsp3) is 0.318. The summed E-state index contributed by atoms with van der Waals surface area (Å²) >= 11 is 1.33. The average Bonchev–Trinajstić information content (AvgIpc) is 3.43. The fourth-order valence-corrected chi connectivity index (χ4v) is 4.28. The van der Waals surface area contributed by atoms with Gasteiger partial charge >= 0.3 is 0 Å². The number of rotatable bonds is 8. The summed E-state index contributed by atoms with van der Waals surface area (Å²) in [6.45, 7) is 1.33. The van der Waals surface area contributed by atoms with E-state index in [-0.39, 0.29) is 23.5 Å². The lowest BCUT2D eigenvalue weighted by molar-refractivity contribution is 0.0953. The molecule has 156 valence electrons. The first-order valence-electron chi connectivity index (χ1n) is 9.75. The van der Waals surface area contributed by atoms with E-state index in [1.54, 1.807) is 31.4 Å². The third kappa shape index (κ3) is 4.55. The molecule has 1 aromatic heterocycles. The Morgan fingerprint density at radius 1 is 1.23 bits per heavy atom. The minimum atomic E-state index is -0.305. The number of halogens is 1. The molecule has 1 unspecified atom stereocenters. The molecule has 1 aliphatic heterocycles. The Labute approximate surface area is 178 Å². The van der Waals surface area contributed by atoms with Gasteiger partial charge in [-0.1, -0.05) is 23.9 Å². The van der Waals surface area contributed by atoms with Gasteiger partial charge in [0.2, 0.25) is 0 Å². The third-order valence-electron chi connectivity index (χ3n) is 4.97. The van der Waals surface area contributed by atoms with E-state index in [9.17, 15) is 9.18 Å². The topological polar surface area (TPSA) is 66.2 Å². The summed E-state index contributed by atoms with van der Waals surface area (Å²) in [5, 5.41) is 9.26. The van der Waals surface area contributed by atoms with Crippen LogP contribution in [0.1, 0.15) is 23.2 Å². The number of hydrogen-bond donors (Lipinski definition) is 0. The van der Waals surface area contributed by atoms with Gasteiger partial charge in [-0.05, 0) is 49.2 Å². The zero-order chi connectivity index (χ0) is 20.9.